The molecule has 16 heavy (non-hydrogen) atoms. The Labute approximate surface area is 92.6 Å². The maximum absolute atomic E-state index is 11.4. The van der Waals surface area contributed by atoms with Crippen LogP contribution in [0.5, 0.6) is 0 Å². The van der Waals surface area contributed by atoms with Crippen LogP contribution in [-0.2, 0) is 19.7 Å². The first-order valence-corrected chi connectivity index (χ1v) is 6.27. The molecule has 1 saturated carbocycles. The normalized spacial score (nSPS) is 25.3. The van der Waals surface area contributed by atoms with Gasteiger partial charge in [-0.2, -0.15) is 8.42 Å². The Morgan fingerprint density at radius 2 is 1.94 bits per heavy atom. The molecule has 0 saturated heterocycles. The maximum atomic E-state index is 11.4. The van der Waals surface area contributed by atoms with Gasteiger partial charge >= 0.3 is 5.97 Å². The molecule has 2 unspecified atom stereocenters. The first-order chi connectivity index (χ1) is 7.30. The van der Waals surface area contributed by atoms with E-state index in [-0.39, 0.29) is 12.8 Å². The third-order valence-electron chi connectivity index (χ3n) is 2.59. The van der Waals surface area contributed by atoms with E-state index in [1.807, 2.05) is 0 Å². The quantitative estimate of drug-likeness (QED) is 0.565. The van der Waals surface area contributed by atoms with Gasteiger partial charge in [-0.3, -0.25) is 14.1 Å². The summed E-state index contributed by atoms with van der Waals surface area (Å²) in [4.78, 5) is 21.6. The summed E-state index contributed by atoms with van der Waals surface area (Å²) in [6.45, 7) is -0.480. The Balaban J connectivity index is 2.47. The minimum atomic E-state index is -4.10. The number of hydrogen-bond donors (Lipinski definition) is 3. The van der Waals surface area contributed by atoms with Gasteiger partial charge in [-0.15, -0.1) is 0 Å². The van der Waals surface area contributed by atoms with Gasteiger partial charge in [0.25, 0.3) is 10.1 Å². The van der Waals surface area contributed by atoms with E-state index in [1.54, 1.807) is 0 Å². The van der Waals surface area contributed by atoms with Crippen LogP contribution in [0.1, 0.15) is 19.3 Å². The van der Waals surface area contributed by atoms with Gasteiger partial charge in [0.05, 0.1) is 5.25 Å². The van der Waals surface area contributed by atoms with Gasteiger partial charge in [-0.25, -0.2) is 0 Å². The van der Waals surface area contributed by atoms with Crippen molar-refractivity contribution in [1.82, 2.24) is 5.32 Å². The van der Waals surface area contributed by atoms with Crippen LogP contribution in [0.3, 0.4) is 0 Å². The van der Waals surface area contributed by atoms with Crippen molar-refractivity contribution in [3.05, 3.63) is 0 Å². The van der Waals surface area contributed by atoms with Crippen LogP contribution in [0.15, 0.2) is 0 Å². The van der Waals surface area contributed by atoms with Gasteiger partial charge in [0, 0.05) is 5.92 Å². The van der Waals surface area contributed by atoms with Crippen LogP contribution in [0.4, 0.5) is 0 Å². The summed E-state index contributed by atoms with van der Waals surface area (Å²) >= 11 is 0. The summed E-state index contributed by atoms with van der Waals surface area (Å²) in [7, 11) is -4.10. The predicted octanol–water partition coefficient (Wildman–Crippen LogP) is -0.756. The molecule has 0 aliphatic heterocycles. The number of nitrogens with one attached hydrogen (secondary N) is 1. The predicted molar refractivity (Wildman–Crippen MR) is 53.3 cm³/mol. The van der Waals surface area contributed by atoms with Gasteiger partial charge < -0.3 is 10.4 Å². The van der Waals surface area contributed by atoms with Crippen LogP contribution < -0.4 is 5.32 Å². The lowest BCUT2D eigenvalue weighted by Gasteiger charge is -2.09. The molecule has 3 N–H and O–H groups in total. The lowest BCUT2D eigenvalue weighted by molar-refractivity contribution is -0.138. The Morgan fingerprint density at radius 1 is 1.31 bits per heavy atom. The Bertz CT molecular complexity index is 389. The van der Waals surface area contributed by atoms with Crippen LogP contribution in [0.25, 0.3) is 0 Å². The smallest absolute Gasteiger partial charge is 0.322 e. The lowest BCUT2D eigenvalue weighted by Crippen LogP contribution is -2.34. The molecule has 92 valence electrons. The minimum absolute atomic E-state index is 0.0459. The molecule has 0 aromatic carbocycles. The summed E-state index contributed by atoms with van der Waals surface area (Å²) in [5, 5.41) is 9.61. The third kappa shape index (κ3) is 3.46. The highest BCUT2D eigenvalue weighted by atomic mass is 32.2. The molecule has 1 rings (SSSR count). The van der Waals surface area contributed by atoms with Crippen molar-refractivity contribution in [2.75, 3.05) is 6.54 Å². The Kier molecular flexibility index (Phi) is 3.87. The van der Waals surface area contributed by atoms with Gasteiger partial charge in [0.1, 0.15) is 6.54 Å². The topological polar surface area (TPSA) is 121 Å². The number of hydrogen-bond acceptors (Lipinski definition) is 4. The Hall–Kier alpha value is -1.15. The average Bonchev–Trinajstić information content (AvgIpc) is 2.61. The van der Waals surface area contributed by atoms with E-state index in [2.05, 4.69) is 5.32 Å². The van der Waals surface area contributed by atoms with Gasteiger partial charge in [0.15, 0.2) is 0 Å². The van der Waals surface area contributed by atoms with Gasteiger partial charge in [-0.05, 0) is 19.3 Å². The largest absolute Gasteiger partial charge is 0.480 e. The number of carbonyl (C=O) groups excluding carboxylic acids is 1. The molecule has 1 aliphatic rings. The molecular weight excluding hydrogens is 238 g/mol. The van der Waals surface area contributed by atoms with Crippen molar-refractivity contribution in [3.8, 4) is 0 Å². The fourth-order valence-corrected chi connectivity index (χ4v) is 2.67. The molecule has 0 bridgehead atoms. The molecule has 0 radical (unpaired) electrons. The number of carboxylic acid groups (broad SMARTS) is 1. The van der Waals surface area contributed by atoms with E-state index in [4.69, 9.17) is 9.66 Å². The fourth-order valence-electron chi connectivity index (χ4n) is 1.76. The highest BCUT2D eigenvalue weighted by molar-refractivity contribution is 7.86. The fraction of sp³-hybridized carbons (Fsp3) is 0.750. The molecular formula is C8H13NO6S. The number of rotatable bonds is 4. The second kappa shape index (κ2) is 4.79. The molecule has 7 nitrogen and oxygen atoms in total. The molecule has 0 aromatic rings. The van der Waals surface area contributed by atoms with Gasteiger partial charge in [-0.1, -0.05) is 0 Å². The van der Waals surface area contributed by atoms with E-state index in [0.29, 0.717) is 6.42 Å². The monoisotopic (exact) mass is 251 g/mol. The molecule has 0 heterocycles. The minimum Gasteiger partial charge on any atom is -0.480 e. The number of amides is 1. The van der Waals surface area contributed by atoms with Crippen LogP contribution >= 0.6 is 0 Å². The lowest BCUT2D eigenvalue weighted by atomic mass is 10.1. The zero-order chi connectivity index (χ0) is 12.3. The molecule has 0 aromatic heterocycles. The first-order valence-electron chi connectivity index (χ1n) is 4.76. The Morgan fingerprint density at radius 3 is 2.38 bits per heavy atom. The molecule has 0 spiro atoms. The van der Waals surface area contributed by atoms with E-state index < -0.39 is 39.7 Å². The number of aliphatic carboxylic acids is 1. The standard InChI is InChI=1S/C8H13NO6S/c10-7(11)4-9-8(12)5-1-2-6(3-5)16(13,14)15/h5-6H,1-4H2,(H,9,12)(H,10,11)(H,13,14,15). The number of carbonyl (C=O) groups is 2. The van der Waals surface area contributed by atoms with Crippen LogP contribution in [-0.4, -0.2) is 41.7 Å². The molecule has 1 aliphatic carbocycles. The SMILES string of the molecule is O=C(O)CNC(=O)C1CCC(S(=O)(=O)O)C1. The molecule has 8 heteroatoms. The van der Waals surface area contributed by atoms with E-state index in [0.717, 1.165) is 0 Å². The number of carboxylic acids is 1. The van der Waals surface area contributed by atoms with Crippen molar-refractivity contribution in [1.29, 1.82) is 0 Å². The maximum Gasteiger partial charge on any atom is 0.322 e. The second-order valence-electron chi connectivity index (χ2n) is 3.76. The van der Waals surface area contributed by atoms with Crippen molar-refractivity contribution >= 4 is 22.0 Å². The van der Waals surface area contributed by atoms with Crippen LogP contribution in [0, 0.1) is 5.92 Å². The zero-order valence-electron chi connectivity index (χ0n) is 8.42. The molecule has 1 amide bonds. The van der Waals surface area contributed by atoms with E-state index >= 15 is 0 Å². The van der Waals surface area contributed by atoms with Crippen molar-refractivity contribution < 1.29 is 27.7 Å². The highest BCUT2D eigenvalue weighted by Gasteiger charge is 2.36. The summed E-state index contributed by atoms with van der Waals surface area (Å²) in [6.07, 6.45) is 0.615. The second-order valence-corrected chi connectivity index (χ2v) is 5.46. The summed E-state index contributed by atoms with van der Waals surface area (Å²) in [6, 6.07) is 0. The average molecular weight is 251 g/mol. The summed E-state index contributed by atoms with van der Waals surface area (Å²) in [5.74, 6) is -2.17. The van der Waals surface area contributed by atoms with Crippen molar-refractivity contribution in [3.63, 3.8) is 0 Å². The molecule has 1 fully saturated rings. The third-order valence-corrected chi connectivity index (χ3v) is 3.86. The van der Waals surface area contributed by atoms with Crippen LogP contribution in [0.2, 0.25) is 0 Å². The van der Waals surface area contributed by atoms with Gasteiger partial charge in [0.2, 0.25) is 5.91 Å². The van der Waals surface area contributed by atoms with E-state index in [1.165, 1.54) is 0 Å². The van der Waals surface area contributed by atoms with Crippen molar-refractivity contribution in [2.24, 2.45) is 5.92 Å². The summed E-state index contributed by atoms with van der Waals surface area (Å²) < 4.78 is 30.4. The highest BCUT2D eigenvalue weighted by Crippen LogP contribution is 2.29. The zero-order valence-corrected chi connectivity index (χ0v) is 9.24. The molecule has 2 atom stereocenters. The first kappa shape index (κ1) is 12.9. The van der Waals surface area contributed by atoms with E-state index in [9.17, 15) is 18.0 Å². The summed E-state index contributed by atoms with van der Waals surface area (Å²) in [5.41, 5.74) is 0. The van der Waals surface area contributed by atoms with Crippen molar-refractivity contribution in [2.45, 2.75) is 24.5 Å².